The summed E-state index contributed by atoms with van der Waals surface area (Å²) in [5, 5.41) is 14.3. The van der Waals surface area contributed by atoms with Crippen molar-refractivity contribution in [1.29, 1.82) is 0 Å². The van der Waals surface area contributed by atoms with Gasteiger partial charge in [-0.15, -0.1) is 0 Å². The molecule has 1 aromatic heterocycles. The van der Waals surface area contributed by atoms with Gasteiger partial charge < -0.3 is 10.4 Å². The number of carbonyl (C=O) groups is 1. The second-order valence-corrected chi connectivity index (χ2v) is 8.08. The third-order valence-electron chi connectivity index (χ3n) is 5.04. The van der Waals surface area contributed by atoms with Gasteiger partial charge in [0.15, 0.2) is 5.78 Å². The molecule has 2 aromatic carbocycles. The van der Waals surface area contributed by atoms with Crippen molar-refractivity contribution in [2.24, 2.45) is 0 Å². The van der Waals surface area contributed by atoms with Gasteiger partial charge in [0.1, 0.15) is 10.6 Å². The van der Waals surface area contributed by atoms with Crippen molar-refractivity contribution in [3.8, 4) is 0 Å². The number of halogens is 3. The van der Waals surface area contributed by atoms with Gasteiger partial charge in [-0.05, 0) is 24.6 Å². The van der Waals surface area contributed by atoms with Gasteiger partial charge in [0.2, 0.25) is 5.82 Å². The lowest BCUT2D eigenvalue weighted by molar-refractivity contribution is -0.145. The average molecular weight is 433 g/mol. The van der Waals surface area contributed by atoms with Crippen molar-refractivity contribution < 1.29 is 23.1 Å². The van der Waals surface area contributed by atoms with Crippen LogP contribution in [-0.4, -0.2) is 39.7 Å². The van der Waals surface area contributed by atoms with Crippen LogP contribution in [0.25, 0.3) is 10.9 Å². The number of rotatable bonds is 5. The van der Waals surface area contributed by atoms with Crippen molar-refractivity contribution >= 4 is 28.4 Å². The highest BCUT2D eigenvalue weighted by Crippen LogP contribution is 2.32. The van der Waals surface area contributed by atoms with Crippen LogP contribution in [0, 0.1) is 0 Å². The number of hydrogen-bond donors (Lipinski definition) is 2. The highest BCUT2D eigenvalue weighted by atomic mass is 32.2. The molecular weight excluding hydrogens is 415 g/mol. The molecule has 0 saturated carbocycles. The first-order valence-electron chi connectivity index (χ1n) is 9.30. The second kappa shape index (κ2) is 7.98. The summed E-state index contributed by atoms with van der Waals surface area (Å²) >= 11 is 0.952. The monoisotopic (exact) mass is 433 g/mol. The summed E-state index contributed by atoms with van der Waals surface area (Å²) in [5.74, 6) is -1.53. The minimum absolute atomic E-state index is 0.0660. The third kappa shape index (κ3) is 4.19. The first-order chi connectivity index (χ1) is 14.3. The summed E-state index contributed by atoms with van der Waals surface area (Å²) in [7, 11) is 0. The number of para-hydroxylation sites is 1. The van der Waals surface area contributed by atoms with E-state index < -0.39 is 17.6 Å². The largest absolute Gasteiger partial charge is 0.451 e. The smallest absolute Gasteiger partial charge is 0.384 e. The quantitative estimate of drug-likeness (QED) is 0.362. The lowest BCUT2D eigenvalue weighted by Crippen LogP contribution is -2.28. The number of nitrogens with one attached hydrogen (secondary N) is 1. The van der Waals surface area contributed by atoms with Gasteiger partial charge in [0.25, 0.3) is 0 Å². The van der Waals surface area contributed by atoms with E-state index in [2.05, 4.69) is 15.3 Å². The molecule has 0 amide bonds. The molecule has 9 heteroatoms. The Kier molecular flexibility index (Phi) is 5.52. The Morgan fingerprint density at radius 2 is 1.87 bits per heavy atom. The fourth-order valence-electron chi connectivity index (χ4n) is 3.39. The summed E-state index contributed by atoms with van der Waals surface area (Å²) in [6.45, 7) is 1.18. The number of carbonyl (C=O) groups excluding carboxylic acids is 1. The van der Waals surface area contributed by atoms with Gasteiger partial charge in [-0.1, -0.05) is 54.2 Å². The van der Waals surface area contributed by atoms with Gasteiger partial charge >= 0.3 is 6.18 Å². The molecule has 2 heterocycles. The van der Waals surface area contributed by atoms with Crippen LogP contribution in [0.1, 0.15) is 28.2 Å². The molecule has 5 nitrogen and oxygen atoms in total. The van der Waals surface area contributed by atoms with E-state index in [1.54, 1.807) is 42.5 Å². The number of aromatic nitrogens is 2. The van der Waals surface area contributed by atoms with Crippen LogP contribution in [0.3, 0.4) is 0 Å². The summed E-state index contributed by atoms with van der Waals surface area (Å²) in [5.41, 5.74) is 0.394. The number of β-amino-alcohol motifs (C(OH)–C–C–N with tert-alkyl or cyclic N) is 1. The van der Waals surface area contributed by atoms with Crippen molar-refractivity contribution in [1.82, 2.24) is 15.3 Å². The Morgan fingerprint density at radius 3 is 2.53 bits per heavy atom. The van der Waals surface area contributed by atoms with Crippen LogP contribution >= 0.6 is 11.8 Å². The molecule has 1 aliphatic heterocycles. The summed E-state index contributed by atoms with van der Waals surface area (Å²) < 4.78 is 39.4. The van der Waals surface area contributed by atoms with Gasteiger partial charge in [-0.3, -0.25) is 4.79 Å². The first-order valence-corrected chi connectivity index (χ1v) is 10.3. The lowest BCUT2D eigenvalue weighted by Gasteiger charge is -2.21. The molecular formula is C21H18F3N3O2S. The number of thioether (sulfide) groups is 1. The maximum atomic E-state index is 13.1. The second-order valence-electron chi connectivity index (χ2n) is 7.11. The highest BCUT2D eigenvalue weighted by Gasteiger charge is 2.36. The van der Waals surface area contributed by atoms with E-state index in [0.29, 0.717) is 23.9 Å². The highest BCUT2D eigenvalue weighted by molar-refractivity contribution is 8.00. The fraction of sp³-hybridized carbons (Fsp3) is 0.286. The summed E-state index contributed by atoms with van der Waals surface area (Å²) in [6.07, 6.45) is -4.08. The number of benzene rings is 2. The van der Waals surface area contributed by atoms with Gasteiger partial charge in [-0.2, -0.15) is 13.2 Å². The normalized spacial score (nSPS) is 19.3. The number of nitrogens with zero attached hydrogens (tertiary/aromatic N) is 2. The molecule has 156 valence electrons. The third-order valence-corrected chi connectivity index (χ3v) is 6.03. The van der Waals surface area contributed by atoms with E-state index in [4.69, 9.17) is 0 Å². The number of fused-ring (bicyclic) bond motifs is 1. The van der Waals surface area contributed by atoms with Crippen molar-refractivity contribution in [2.45, 2.75) is 23.2 Å². The molecule has 4 rings (SSSR count). The first kappa shape index (κ1) is 20.8. The molecule has 30 heavy (non-hydrogen) atoms. The molecule has 0 radical (unpaired) electrons. The molecule has 1 unspecified atom stereocenters. The molecule has 1 aliphatic rings. The average Bonchev–Trinajstić information content (AvgIpc) is 3.18. The maximum Gasteiger partial charge on any atom is 0.451 e. The molecule has 1 fully saturated rings. The lowest BCUT2D eigenvalue weighted by atomic mass is 9.92. The molecule has 1 saturated heterocycles. The number of aliphatic hydroxyl groups is 1. The SMILES string of the molecule is O=C(CSc1nc(C(F)(F)F)nc2ccccc12)c1ccc(C2(O)CCNC2)cc1. The predicted octanol–water partition coefficient (Wildman–Crippen LogP) is 3.80. The Morgan fingerprint density at radius 1 is 1.13 bits per heavy atom. The topological polar surface area (TPSA) is 75.1 Å². The van der Waals surface area contributed by atoms with Gasteiger partial charge in [0, 0.05) is 17.5 Å². The molecule has 0 spiro atoms. The Bertz CT molecular complexity index is 1080. The Labute approximate surface area is 174 Å². The zero-order valence-electron chi connectivity index (χ0n) is 15.7. The summed E-state index contributed by atoms with van der Waals surface area (Å²) in [4.78, 5) is 19.8. The maximum absolute atomic E-state index is 13.1. The number of alkyl halides is 3. The van der Waals surface area contributed by atoms with Crippen LogP contribution in [0.5, 0.6) is 0 Å². The molecule has 0 aliphatic carbocycles. The minimum Gasteiger partial charge on any atom is -0.384 e. The van der Waals surface area contributed by atoms with E-state index in [9.17, 15) is 23.1 Å². The molecule has 2 N–H and O–H groups in total. The standard InChI is InChI=1S/C21H18F3N3O2S/c22-21(23,24)19-26-16-4-2-1-3-15(16)18(27-19)30-11-17(28)13-5-7-14(8-6-13)20(29)9-10-25-12-20/h1-8,25,29H,9-12H2. The van der Waals surface area contributed by atoms with Crippen molar-refractivity contribution in [2.75, 3.05) is 18.8 Å². The van der Waals surface area contributed by atoms with Crippen LogP contribution in [-0.2, 0) is 11.8 Å². The van der Waals surface area contributed by atoms with E-state index in [-0.39, 0.29) is 22.1 Å². The molecule has 3 aromatic rings. The molecule has 0 bridgehead atoms. The van der Waals surface area contributed by atoms with E-state index in [0.717, 1.165) is 23.9 Å². The van der Waals surface area contributed by atoms with E-state index in [1.165, 1.54) is 6.07 Å². The predicted molar refractivity (Wildman–Crippen MR) is 107 cm³/mol. The Balaban J connectivity index is 1.53. The van der Waals surface area contributed by atoms with Crippen molar-refractivity contribution in [3.05, 3.63) is 65.5 Å². The number of ketones is 1. The zero-order valence-corrected chi connectivity index (χ0v) is 16.6. The summed E-state index contributed by atoms with van der Waals surface area (Å²) in [6, 6.07) is 13.1. The van der Waals surface area contributed by atoms with Gasteiger partial charge in [0.05, 0.1) is 11.3 Å². The van der Waals surface area contributed by atoms with E-state index >= 15 is 0 Å². The minimum atomic E-state index is -4.67. The number of hydrogen-bond acceptors (Lipinski definition) is 6. The zero-order chi connectivity index (χ0) is 21.4. The molecule has 1 atom stereocenters. The van der Waals surface area contributed by atoms with Gasteiger partial charge in [-0.25, -0.2) is 9.97 Å². The number of Topliss-reactive ketones (excluding diaryl/α,β-unsaturated/α-hetero) is 1. The fourth-order valence-corrected chi connectivity index (χ4v) is 4.31. The van der Waals surface area contributed by atoms with Crippen LogP contribution in [0.15, 0.2) is 53.6 Å². The van der Waals surface area contributed by atoms with Crippen molar-refractivity contribution in [3.63, 3.8) is 0 Å². The van der Waals surface area contributed by atoms with Crippen LogP contribution in [0.4, 0.5) is 13.2 Å². The van der Waals surface area contributed by atoms with Crippen LogP contribution < -0.4 is 5.32 Å². The van der Waals surface area contributed by atoms with Crippen LogP contribution in [0.2, 0.25) is 0 Å². The Hall–Kier alpha value is -2.49. The van der Waals surface area contributed by atoms with E-state index in [1.807, 2.05) is 0 Å².